The summed E-state index contributed by atoms with van der Waals surface area (Å²) >= 11 is 0. The largest absolute Gasteiger partial charge is 0.394 e. The van der Waals surface area contributed by atoms with Crippen molar-refractivity contribution in [3.63, 3.8) is 0 Å². The first-order valence-corrected chi connectivity index (χ1v) is 12.0. The molecule has 8 nitrogen and oxygen atoms in total. The van der Waals surface area contributed by atoms with Crippen LogP contribution in [0.5, 0.6) is 0 Å². The molecule has 2 fully saturated rings. The Morgan fingerprint density at radius 3 is 1.91 bits per heavy atom. The third kappa shape index (κ3) is 13.8. The average Bonchev–Trinajstić information content (AvgIpc) is 3.13. The van der Waals surface area contributed by atoms with Crippen LogP contribution >= 0.6 is 0 Å². The van der Waals surface area contributed by atoms with Crippen LogP contribution in [0.15, 0.2) is 30.3 Å². The van der Waals surface area contributed by atoms with Crippen molar-refractivity contribution in [2.45, 2.75) is 72.1 Å². The van der Waals surface area contributed by atoms with Crippen molar-refractivity contribution >= 4 is 23.3 Å². The molecule has 1 heterocycles. The molecule has 1 aliphatic heterocycles. The zero-order valence-corrected chi connectivity index (χ0v) is 20.4. The normalized spacial score (nSPS) is 17.1. The molecule has 1 aromatic rings. The summed E-state index contributed by atoms with van der Waals surface area (Å²) < 4.78 is 4.83. The Morgan fingerprint density at radius 2 is 1.52 bits per heavy atom. The number of nitrogens with one attached hydrogen (secondary N) is 1. The van der Waals surface area contributed by atoms with Crippen LogP contribution in [-0.4, -0.2) is 54.2 Å². The number of ketones is 1. The minimum atomic E-state index is -0.518. The van der Waals surface area contributed by atoms with Crippen LogP contribution in [0.1, 0.15) is 72.1 Å². The van der Waals surface area contributed by atoms with Crippen LogP contribution in [0, 0.1) is 5.92 Å². The van der Waals surface area contributed by atoms with E-state index in [2.05, 4.69) is 5.43 Å². The summed E-state index contributed by atoms with van der Waals surface area (Å²) in [6.45, 7) is 7.46. The number of anilines is 1. The minimum absolute atomic E-state index is 0.125. The van der Waals surface area contributed by atoms with E-state index in [4.69, 9.17) is 14.9 Å². The fourth-order valence-electron chi connectivity index (χ4n) is 3.09. The quantitative estimate of drug-likeness (QED) is 0.531. The monoisotopic (exact) mass is 466 g/mol. The van der Waals surface area contributed by atoms with Crippen LogP contribution in [-0.2, 0) is 19.1 Å². The van der Waals surface area contributed by atoms with E-state index in [1.54, 1.807) is 12.1 Å². The summed E-state index contributed by atoms with van der Waals surface area (Å²) in [6, 6.07) is 9.17. The Bertz CT molecular complexity index is 642. The van der Waals surface area contributed by atoms with Crippen molar-refractivity contribution in [2.75, 3.05) is 31.4 Å². The molecule has 2 amide bonds. The van der Waals surface area contributed by atoms with Crippen LogP contribution in [0.4, 0.5) is 5.69 Å². The summed E-state index contributed by atoms with van der Waals surface area (Å²) in [6.07, 6.45) is 7.75. The number of ether oxygens (including phenoxy) is 1. The molecule has 1 atom stereocenters. The Kier molecular flexibility index (Phi) is 18.9. The lowest BCUT2D eigenvalue weighted by molar-refractivity contribution is -0.128. The van der Waals surface area contributed by atoms with Gasteiger partial charge in [0.25, 0.3) is 11.8 Å². The first-order valence-electron chi connectivity index (χ1n) is 12.0. The fourth-order valence-corrected chi connectivity index (χ4v) is 3.09. The lowest BCUT2D eigenvalue weighted by Crippen LogP contribution is -2.35. The highest BCUT2D eigenvalue weighted by molar-refractivity contribution is 6.14. The third-order valence-corrected chi connectivity index (χ3v) is 4.84. The highest BCUT2D eigenvalue weighted by Crippen LogP contribution is 2.22. The van der Waals surface area contributed by atoms with Gasteiger partial charge < -0.3 is 14.9 Å². The molecular formula is C25H42N2O6. The van der Waals surface area contributed by atoms with Crippen molar-refractivity contribution in [2.24, 2.45) is 5.92 Å². The van der Waals surface area contributed by atoms with Gasteiger partial charge in [0.15, 0.2) is 0 Å². The molecule has 1 aliphatic carbocycles. The molecule has 1 saturated heterocycles. The molecule has 33 heavy (non-hydrogen) atoms. The lowest BCUT2D eigenvalue weighted by Gasteiger charge is -2.14. The fraction of sp³-hybridized carbons (Fsp3) is 0.640. The van der Waals surface area contributed by atoms with Crippen molar-refractivity contribution < 1.29 is 29.3 Å². The number of unbranched alkanes of at least 4 members (excludes halogenated alkanes) is 1. The van der Waals surface area contributed by atoms with E-state index in [1.807, 2.05) is 39.0 Å². The van der Waals surface area contributed by atoms with Gasteiger partial charge in [0.1, 0.15) is 11.7 Å². The number of hydrazine groups is 1. The van der Waals surface area contributed by atoms with E-state index in [-0.39, 0.29) is 25.0 Å². The zero-order valence-electron chi connectivity index (χ0n) is 20.4. The Morgan fingerprint density at radius 1 is 0.939 bits per heavy atom. The van der Waals surface area contributed by atoms with Gasteiger partial charge in [0, 0.05) is 26.1 Å². The molecule has 3 rings (SSSR count). The van der Waals surface area contributed by atoms with Crippen LogP contribution in [0.2, 0.25) is 0 Å². The number of benzene rings is 1. The number of Topliss-reactive ketones (excluding diaryl/α,β-unsaturated/α-hetero) is 1. The molecule has 1 saturated carbocycles. The maximum absolute atomic E-state index is 12.1. The maximum Gasteiger partial charge on any atom is 0.258 e. The number of hydrogen-bond donors (Lipinski definition) is 3. The molecule has 188 valence electrons. The minimum Gasteiger partial charge on any atom is -0.394 e. The number of carbonyl (C=O) groups excluding carboxylic acids is 3. The molecule has 0 radical (unpaired) electrons. The Labute approximate surface area is 198 Å². The smallest absolute Gasteiger partial charge is 0.258 e. The second-order valence-electron chi connectivity index (χ2n) is 7.51. The molecule has 2 aliphatic rings. The molecule has 0 bridgehead atoms. The van der Waals surface area contributed by atoms with Crippen molar-refractivity contribution in [1.29, 1.82) is 0 Å². The number of carbonyl (C=O) groups is 3. The van der Waals surface area contributed by atoms with Gasteiger partial charge in [-0.15, -0.1) is 0 Å². The standard InChI is InChI=1S/C13H16N2O2.C6H10O.C4H10O.C2H6O2/c1-2-3-9-11-12(16)14-15(13(11)17)10-7-5-4-6-8-10;7-6-4-2-1-3-5-6;1-3-5-4-2;3-1-2-4/h4-8,11H,2-3,9H2,1H3,(H,14,16);1-5H2;3-4H2,1-2H3;3-4H,1-2H2. The highest BCUT2D eigenvalue weighted by Gasteiger charge is 2.39. The zero-order chi connectivity index (χ0) is 24.9. The molecule has 1 unspecified atom stereocenters. The van der Waals surface area contributed by atoms with Crippen molar-refractivity contribution in [1.82, 2.24) is 5.43 Å². The molecule has 8 heteroatoms. The number of aliphatic hydroxyl groups excluding tert-OH is 2. The van der Waals surface area contributed by atoms with Gasteiger partial charge >= 0.3 is 0 Å². The first-order chi connectivity index (χ1) is 16.0. The topological polar surface area (TPSA) is 116 Å². The Balaban J connectivity index is 0.000000525. The summed E-state index contributed by atoms with van der Waals surface area (Å²) in [4.78, 5) is 34.2. The first kappa shape index (κ1) is 30.7. The van der Waals surface area contributed by atoms with E-state index >= 15 is 0 Å². The molecule has 0 aromatic heterocycles. The van der Waals surface area contributed by atoms with Gasteiger partial charge in [-0.3, -0.25) is 19.8 Å². The lowest BCUT2D eigenvalue weighted by atomic mass is 10.00. The van der Waals surface area contributed by atoms with Gasteiger partial charge in [-0.25, -0.2) is 5.01 Å². The summed E-state index contributed by atoms with van der Waals surface area (Å²) in [7, 11) is 0. The number of amides is 2. The van der Waals surface area contributed by atoms with Gasteiger partial charge in [0.2, 0.25) is 0 Å². The molecule has 3 N–H and O–H groups in total. The predicted octanol–water partition coefficient (Wildman–Crippen LogP) is 3.40. The number of hydrogen-bond acceptors (Lipinski definition) is 6. The van der Waals surface area contributed by atoms with Gasteiger partial charge in [-0.1, -0.05) is 44.4 Å². The van der Waals surface area contributed by atoms with E-state index in [0.717, 1.165) is 51.7 Å². The number of nitrogens with zero attached hydrogens (tertiary/aromatic N) is 1. The molecular weight excluding hydrogens is 424 g/mol. The number of rotatable bonds is 7. The third-order valence-electron chi connectivity index (χ3n) is 4.84. The van der Waals surface area contributed by atoms with Gasteiger partial charge in [0.05, 0.1) is 18.9 Å². The maximum atomic E-state index is 12.1. The van der Waals surface area contributed by atoms with Crippen LogP contribution in [0.25, 0.3) is 0 Å². The van der Waals surface area contributed by atoms with Crippen LogP contribution in [0.3, 0.4) is 0 Å². The van der Waals surface area contributed by atoms with E-state index in [9.17, 15) is 14.4 Å². The van der Waals surface area contributed by atoms with Crippen molar-refractivity contribution in [3.8, 4) is 0 Å². The van der Waals surface area contributed by atoms with Crippen molar-refractivity contribution in [3.05, 3.63) is 30.3 Å². The average molecular weight is 467 g/mol. The second kappa shape index (κ2) is 20.3. The van der Waals surface area contributed by atoms with Gasteiger partial charge in [-0.05, 0) is 45.2 Å². The number of para-hydroxylation sites is 1. The Hall–Kier alpha value is -2.29. The molecule has 0 spiro atoms. The summed E-state index contributed by atoms with van der Waals surface area (Å²) in [5.74, 6) is -0.386. The molecule has 1 aromatic carbocycles. The van der Waals surface area contributed by atoms with E-state index in [1.165, 1.54) is 11.4 Å². The highest BCUT2D eigenvalue weighted by atomic mass is 16.5. The van der Waals surface area contributed by atoms with E-state index in [0.29, 0.717) is 17.9 Å². The predicted molar refractivity (Wildman–Crippen MR) is 130 cm³/mol. The summed E-state index contributed by atoms with van der Waals surface area (Å²) in [5, 5.41) is 16.6. The second-order valence-corrected chi connectivity index (χ2v) is 7.51. The van der Waals surface area contributed by atoms with Gasteiger partial charge in [-0.2, -0.15) is 0 Å². The number of aliphatic hydroxyl groups is 2. The summed E-state index contributed by atoms with van der Waals surface area (Å²) in [5.41, 5.74) is 3.34. The SMILES string of the molecule is CCCCC1C(=O)NN(c2ccccc2)C1=O.CCOCC.O=C1CCCCC1.OCCO. The van der Waals surface area contributed by atoms with Crippen LogP contribution < -0.4 is 10.4 Å². The van der Waals surface area contributed by atoms with E-state index < -0.39 is 5.92 Å².